The third-order valence-electron chi connectivity index (χ3n) is 2.39. The van der Waals surface area contributed by atoms with Crippen molar-refractivity contribution in [2.45, 2.75) is 12.1 Å². The number of rotatable bonds is 4. The summed E-state index contributed by atoms with van der Waals surface area (Å²) in [6.07, 6.45) is 0. The number of nitrogens with zero attached hydrogens (tertiary/aromatic N) is 3. The van der Waals surface area contributed by atoms with E-state index in [1.807, 2.05) is 0 Å². The summed E-state index contributed by atoms with van der Waals surface area (Å²) in [6, 6.07) is 3.27. The summed E-state index contributed by atoms with van der Waals surface area (Å²) < 4.78 is 42.7. The molecule has 2 heterocycles. The van der Waals surface area contributed by atoms with Crippen molar-refractivity contribution in [3.05, 3.63) is 12.1 Å². The summed E-state index contributed by atoms with van der Waals surface area (Å²) in [7, 11) is 1.46. The zero-order valence-corrected chi connectivity index (χ0v) is 10.8. The van der Waals surface area contributed by atoms with Gasteiger partial charge in [-0.2, -0.15) is 18.2 Å². The minimum atomic E-state index is -4.25. The van der Waals surface area contributed by atoms with Crippen molar-refractivity contribution in [3.8, 4) is 5.88 Å². The summed E-state index contributed by atoms with van der Waals surface area (Å²) in [6.45, 7) is 0.0761. The smallest absolute Gasteiger partial charge is 0.441 e. The second kappa shape index (κ2) is 5.16. The molecule has 5 nitrogen and oxygen atoms in total. The van der Waals surface area contributed by atoms with Crippen LogP contribution in [0.25, 0.3) is 11.2 Å². The molecule has 2 rings (SSSR count). The van der Waals surface area contributed by atoms with Crippen molar-refractivity contribution >= 4 is 28.9 Å². The van der Waals surface area contributed by atoms with Gasteiger partial charge in [0.2, 0.25) is 11.8 Å². The molecule has 0 unspecified atom stereocenters. The molecule has 2 aromatic rings. The molecule has 0 atom stereocenters. The fourth-order valence-corrected chi connectivity index (χ4v) is 2.09. The molecule has 2 aromatic heterocycles. The molecular weight excluding hydrogens is 281 g/mol. The summed E-state index contributed by atoms with van der Waals surface area (Å²) in [4.78, 5) is 8.17. The number of aromatic nitrogens is 3. The zero-order valence-electron chi connectivity index (χ0n) is 9.94. The van der Waals surface area contributed by atoms with Gasteiger partial charge in [0.15, 0.2) is 5.65 Å². The van der Waals surface area contributed by atoms with Gasteiger partial charge in [0, 0.05) is 18.4 Å². The third kappa shape index (κ3) is 3.22. The molecule has 0 saturated heterocycles. The zero-order chi connectivity index (χ0) is 14.0. The van der Waals surface area contributed by atoms with Gasteiger partial charge in [-0.3, -0.25) is 4.57 Å². The number of nitrogens with two attached hydrogens (primary N) is 1. The molecule has 104 valence electrons. The molecule has 0 aliphatic rings. The van der Waals surface area contributed by atoms with Crippen molar-refractivity contribution in [2.75, 3.05) is 18.6 Å². The lowest BCUT2D eigenvalue weighted by Crippen LogP contribution is -2.09. The van der Waals surface area contributed by atoms with Gasteiger partial charge >= 0.3 is 5.51 Å². The van der Waals surface area contributed by atoms with Crippen molar-refractivity contribution in [1.29, 1.82) is 0 Å². The molecule has 0 aliphatic heterocycles. The predicted octanol–water partition coefficient (Wildman–Crippen LogP) is 2.28. The molecule has 0 saturated carbocycles. The topological polar surface area (TPSA) is 66.0 Å². The number of ether oxygens (including phenoxy) is 1. The van der Waals surface area contributed by atoms with Crippen LogP contribution >= 0.6 is 11.8 Å². The number of aryl methyl sites for hydroxylation is 1. The summed E-state index contributed by atoms with van der Waals surface area (Å²) >= 11 is -0.104. The van der Waals surface area contributed by atoms with Crippen LogP contribution in [0.3, 0.4) is 0 Å². The average Bonchev–Trinajstić information content (AvgIpc) is 2.63. The van der Waals surface area contributed by atoms with Gasteiger partial charge < -0.3 is 10.5 Å². The summed E-state index contributed by atoms with van der Waals surface area (Å²) in [5.41, 5.74) is 2.36. The van der Waals surface area contributed by atoms with Crippen LogP contribution in [0.4, 0.5) is 19.1 Å². The molecule has 0 spiro atoms. The maximum Gasteiger partial charge on any atom is 0.441 e. The Hall–Kier alpha value is -1.64. The quantitative estimate of drug-likeness (QED) is 0.936. The number of anilines is 1. The van der Waals surface area contributed by atoms with Gasteiger partial charge in [0.05, 0.1) is 7.11 Å². The lowest BCUT2D eigenvalue weighted by atomic mass is 10.4. The van der Waals surface area contributed by atoms with Crippen molar-refractivity contribution in [1.82, 2.24) is 14.5 Å². The van der Waals surface area contributed by atoms with Crippen LogP contribution in [0.1, 0.15) is 0 Å². The van der Waals surface area contributed by atoms with Gasteiger partial charge in [-0.25, -0.2) is 4.98 Å². The first-order chi connectivity index (χ1) is 8.90. The summed E-state index contributed by atoms with van der Waals surface area (Å²) in [5, 5.41) is 0. The number of halogens is 3. The first kappa shape index (κ1) is 13.8. The number of fused-ring (bicyclic) bond motifs is 1. The molecule has 0 aliphatic carbocycles. The molecule has 0 aromatic carbocycles. The maximum atomic E-state index is 12.1. The molecule has 0 fully saturated rings. The van der Waals surface area contributed by atoms with Crippen molar-refractivity contribution in [3.63, 3.8) is 0 Å². The first-order valence-corrected chi connectivity index (χ1v) is 6.26. The van der Waals surface area contributed by atoms with Gasteiger partial charge in [0.1, 0.15) is 5.52 Å². The van der Waals surface area contributed by atoms with Crippen molar-refractivity contribution in [2.24, 2.45) is 0 Å². The van der Waals surface area contributed by atoms with Gasteiger partial charge in [0.25, 0.3) is 0 Å². The van der Waals surface area contributed by atoms with Gasteiger partial charge in [-0.05, 0) is 17.8 Å². The SMILES string of the molecule is COc1ccc2nc(N)n(CCSC(F)(F)F)c2n1. The number of hydrogen-bond acceptors (Lipinski definition) is 5. The number of nitrogen functional groups attached to an aromatic ring is 1. The van der Waals surface area contributed by atoms with Crippen LogP contribution in [0.2, 0.25) is 0 Å². The van der Waals surface area contributed by atoms with Crippen LogP contribution in [0.15, 0.2) is 12.1 Å². The van der Waals surface area contributed by atoms with Crippen LogP contribution in [-0.2, 0) is 6.54 Å². The van der Waals surface area contributed by atoms with Crippen LogP contribution in [-0.4, -0.2) is 32.9 Å². The summed E-state index contributed by atoms with van der Waals surface area (Å²) in [5.74, 6) is 0.341. The van der Waals surface area contributed by atoms with Gasteiger partial charge in [-0.1, -0.05) is 0 Å². The number of imidazole rings is 1. The van der Waals surface area contributed by atoms with Crippen LogP contribution in [0, 0.1) is 0 Å². The van der Waals surface area contributed by atoms with E-state index in [0.717, 1.165) is 0 Å². The van der Waals surface area contributed by atoms with E-state index in [2.05, 4.69) is 9.97 Å². The van der Waals surface area contributed by atoms with Crippen molar-refractivity contribution < 1.29 is 17.9 Å². The highest BCUT2D eigenvalue weighted by molar-refractivity contribution is 8.00. The Morgan fingerprint density at radius 1 is 1.37 bits per heavy atom. The highest BCUT2D eigenvalue weighted by atomic mass is 32.2. The minimum Gasteiger partial charge on any atom is -0.481 e. The van der Waals surface area contributed by atoms with E-state index in [1.165, 1.54) is 11.7 Å². The molecule has 19 heavy (non-hydrogen) atoms. The fourth-order valence-electron chi connectivity index (χ4n) is 1.59. The third-order valence-corrected chi connectivity index (χ3v) is 3.10. The van der Waals surface area contributed by atoms with E-state index in [0.29, 0.717) is 17.0 Å². The monoisotopic (exact) mass is 292 g/mol. The fraction of sp³-hybridized carbons (Fsp3) is 0.400. The number of alkyl halides is 3. The Balaban J connectivity index is 2.23. The van der Waals surface area contributed by atoms with Gasteiger partial charge in [-0.15, -0.1) is 0 Å². The molecule has 9 heteroatoms. The highest BCUT2D eigenvalue weighted by Gasteiger charge is 2.27. The maximum absolute atomic E-state index is 12.1. The van der Waals surface area contributed by atoms with Crippen LogP contribution < -0.4 is 10.5 Å². The molecular formula is C10H11F3N4OS. The molecule has 0 radical (unpaired) electrons. The number of pyridine rings is 1. The molecule has 2 N–H and O–H groups in total. The second-order valence-corrected chi connectivity index (χ2v) is 4.77. The Morgan fingerprint density at radius 2 is 2.11 bits per heavy atom. The number of hydrogen-bond donors (Lipinski definition) is 1. The highest BCUT2D eigenvalue weighted by Crippen LogP contribution is 2.30. The van der Waals surface area contributed by atoms with E-state index >= 15 is 0 Å². The van der Waals surface area contributed by atoms with E-state index in [-0.39, 0.29) is 30.0 Å². The van der Waals surface area contributed by atoms with E-state index in [9.17, 15) is 13.2 Å². The Morgan fingerprint density at radius 3 is 2.74 bits per heavy atom. The lowest BCUT2D eigenvalue weighted by Gasteiger charge is -2.08. The number of methoxy groups -OCH3 is 1. The lowest BCUT2D eigenvalue weighted by molar-refractivity contribution is -0.0328. The predicted molar refractivity (Wildman–Crippen MR) is 67.0 cm³/mol. The Labute approximate surface area is 111 Å². The minimum absolute atomic E-state index is 0.0761. The average molecular weight is 292 g/mol. The molecule has 0 amide bonds. The molecule has 0 bridgehead atoms. The Bertz CT molecular complexity index is 584. The normalized spacial score (nSPS) is 12.0. The van der Waals surface area contributed by atoms with E-state index in [1.54, 1.807) is 12.1 Å². The second-order valence-electron chi connectivity index (χ2n) is 3.61. The van der Waals surface area contributed by atoms with Crippen LogP contribution in [0.5, 0.6) is 5.88 Å². The first-order valence-electron chi connectivity index (χ1n) is 5.28. The standard InChI is InChI=1S/C10H11F3N4OS/c1-18-7-3-2-6-8(16-7)17(9(14)15-6)4-5-19-10(11,12)13/h2-3H,4-5H2,1H3,(H2,14,15). The van der Waals surface area contributed by atoms with E-state index in [4.69, 9.17) is 10.5 Å². The van der Waals surface area contributed by atoms with E-state index < -0.39 is 5.51 Å². The Kier molecular flexibility index (Phi) is 3.74. The largest absolute Gasteiger partial charge is 0.481 e. The number of thioether (sulfide) groups is 1.